The molecule has 5 heteroatoms. The molecule has 0 saturated carbocycles. The quantitative estimate of drug-likeness (QED) is 0.622. The Hall–Kier alpha value is -0.980. The molecule has 0 unspecified atom stereocenters. The Labute approximate surface area is 74.4 Å². The molecule has 1 aliphatic heterocycles. The highest BCUT2D eigenvalue weighted by Crippen LogP contribution is 2.23. The Balaban J connectivity index is 2.10. The third-order valence-corrected chi connectivity index (χ3v) is 1.66. The van der Waals surface area contributed by atoms with E-state index < -0.39 is 6.29 Å². The molecule has 1 aromatic rings. The van der Waals surface area contributed by atoms with Gasteiger partial charge in [0.2, 0.25) is 0 Å². The maximum absolute atomic E-state index is 4.63. The zero-order chi connectivity index (χ0) is 9.10. The summed E-state index contributed by atoms with van der Waals surface area (Å²) in [6.45, 7) is 1.99. The van der Waals surface area contributed by atoms with Crippen LogP contribution in [0.15, 0.2) is 24.3 Å². The first-order chi connectivity index (χ1) is 6.36. The van der Waals surface area contributed by atoms with Gasteiger partial charge in [0.05, 0.1) is 0 Å². The van der Waals surface area contributed by atoms with Gasteiger partial charge in [-0.3, -0.25) is 0 Å². The van der Waals surface area contributed by atoms with Crippen LogP contribution >= 0.6 is 0 Å². The van der Waals surface area contributed by atoms with E-state index in [0.29, 0.717) is 0 Å². The van der Waals surface area contributed by atoms with Gasteiger partial charge in [0.1, 0.15) is 0 Å². The summed E-state index contributed by atoms with van der Waals surface area (Å²) < 4.78 is 0. The minimum absolute atomic E-state index is 0.714. The van der Waals surface area contributed by atoms with Crippen molar-refractivity contribution >= 4 is 0 Å². The van der Waals surface area contributed by atoms with Crippen molar-refractivity contribution in [1.82, 2.24) is 0 Å². The maximum atomic E-state index is 4.63. The zero-order valence-electron chi connectivity index (χ0n) is 6.93. The lowest BCUT2D eigenvalue weighted by molar-refractivity contribution is -0.790. The Kier molecular flexibility index (Phi) is 2.53. The smallest absolute Gasteiger partial charge is 0.163 e. The van der Waals surface area contributed by atoms with Crippen molar-refractivity contribution in [2.75, 3.05) is 0 Å². The third kappa shape index (κ3) is 2.03. The van der Waals surface area contributed by atoms with Crippen LogP contribution in [0.3, 0.4) is 0 Å². The molecule has 1 heterocycles. The van der Waals surface area contributed by atoms with Gasteiger partial charge in [-0.25, -0.2) is 0 Å². The molecule has 13 heavy (non-hydrogen) atoms. The summed E-state index contributed by atoms with van der Waals surface area (Å²) >= 11 is 0. The Morgan fingerprint density at radius 1 is 0.923 bits per heavy atom. The largest absolute Gasteiger partial charge is 0.255 e. The van der Waals surface area contributed by atoms with E-state index in [9.17, 15) is 0 Å². The van der Waals surface area contributed by atoms with Crippen molar-refractivity contribution < 1.29 is 24.9 Å². The number of rotatable bonds is 1. The summed E-state index contributed by atoms with van der Waals surface area (Å²) in [6, 6.07) is 7.55. The molecule has 0 N–H and O–H groups in total. The van der Waals surface area contributed by atoms with Gasteiger partial charge in [-0.2, -0.15) is 9.78 Å². The van der Waals surface area contributed by atoms with Crippen molar-refractivity contribution in [2.45, 2.75) is 13.2 Å². The standard InChI is InChI=1S/C8H8O5/c1-6-2-4-7(5-3-6)8-9-11-13-12-10-8/h2-5,8H,1H3. The molecule has 0 spiro atoms. The van der Waals surface area contributed by atoms with E-state index in [1.54, 1.807) is 0 Å². The SMILES string of the molecule is Cc1ccc(C2OOOOO2)cc1. The number of hydrogen-bond donors (Lipinski definition) is 0. The highest BCUT2D eigenvalue weighted by Gasteiger charge is 2.20. The van der Waals surface area contributed by atoms with Gasteiger partial charge >= 0.3 is 0 Å². The van der Waals surface area contributed by atoms with Crippen LogP contribution < -0.4 is 0 Å². The second-order valence-electron chi connectivity index (χ2n) is 2.64. The van der Waals surface area contributed by atoms with E-state index in [1.807, 2.05) is 31.2 Å². The van der Waals surface area contributed by atoms with Gasteiger partial charge < -0.3 is 0 Å². The van der Waals surface area contributed by atoms with Crippen LogP contribution in [-0.4, -0.2) is 0 Å². The molecule has 1 aliphatic rings. The molecule has 1 aromatic carbocycles. The van der Waals surface area contributed by atoms with Gasteiger partial charge in [-0.05, 0) is 22.0 Å². The molecular formula is C8H8O5. The average Bonchev–Trinajstić information content (AvgIpc) is 2.20. The summed E-state index contributed by atoms with van der Waals surface area (Å²) in [7, 11) is 0. The molecule has 0 radical (unpaired) electrons. The number of aryl methyl sites for hydroxylation is 1. The fourth-order valence-electron chi connectivity index (χ4n) is 0.966. The Bertz CT molecular complexity index is 264. The van der Waals surface area contributed by atoms with Crippen LogP contribution in [0.1, 0.15) is 17.4 Å². The average molecular weight is 184 g/mol. The maximum Gasteiger partial charge on any atom is 0.255 e. The van der Waals surface area contributed by atoms with E-state index in [2.05, 4.69) is 24.9 Å². The topological polar surface area (TPSA) is 46.2 Å². The summed E-state index contributed by atoms with van der Waals surface area (Å²) in [5, 5.41) is 12.1. The first kappa shape index (κ1) is 8.61. The predicted molar refractivity (Wildman–Crippen MR) is 39.3 cm³/mol. The van der Waals surface area contributed by atoms with Gasteiger partial charge in [0.15, 0.2) is 0 Å². The van der Waals surface area contributed by atoms with E-state index in [4.69, 9.17) is 0 Å². The summed E-state index contributed by atoms with van der Waals surface area (Å²) in [4.78, 5) is 9.27. The van der Waals surface area contributed by atoms with Crippen LogP contribution in [0.25, 0.3) is 0 Å². The van der Waals surface area contributed by atoms with Crippen LogP contribution in [0.4, 0.5) is 0 Å². The molecule has 0 amide bonds. The molecule has 2 rings (SSSR count). The third-order valence-electron chi connectivity index (χ3n) is 1.66. The van der Waals surface area contributed by atoms with Crippen molar-refractivity contribution in [3.63, 3.8) is 0 Å². The number of hydrogen-bond acceptors (Lipinski definition) is 5. The number of benzene rings is 1. The molecule has 0 bridgehead atoms. The molecule has 1 fully saturated rings. The van der Waals surface area contributed by atoms with Gasteiger partial charge in [-0.15, -0.1) is 0 Å². The monoisotopic (exact) mass is 184 g/mol. The summed E-state index contributed by atoms with van der Waals surface area (Å²) in [5.41, 5.74) is 1.94. The minimum Gasteiger partial charge on any atom is -0.163 e. The minimum atomic E-state index is -0.714. The normalized spacial score (nSPS) is 18.8. The lowest BCUT2D eigenvalue weighted by atomic mass is 10.1. The van der Waals surface area contributed by atoms with Gasteiger partial charge in [0, 0.05) is 5.56 Å². The van der Waals surface area contributed by atoms with E-state index in [1.165, 1.54) is 0 Å². The van der Waals surface area contributed by atoms with E-state index in [-0.39, 0.29) is 0 Å². The van der Waals surface area contributed by atoms with Crippen molar-refractivity contribution in [3.8, 4) is 0 Å². The van der Waals surface area contributed by atoms with Crippen LogP contribution in [-0.2, 0) is 24.9 Å². The van der Waals surface area contributed by atoms with Crippen molar-refractivity contribution in [1.29, 1.82) is 0 Å². The fraction of sp³-hybridized carbons (Fsp3) is 0.250. The lowest BCUT2D eigenvalue weighted by Gasteiger charge is -2.17. The second-order valence-corrected chi connectivity index (χ2v) is 2.64. The molecular weight excluding hydrogens is 176 g/mol. The predicted octanol–water partition coefficient (Wildman–Crippen LogP) is 1.75. The highest BCUT2D eigenvalue weighted by molar-refractivity contribution is 5.21. The molecule has 70 valence electrons. The van der Waals surface area contributed by atoms with E-state index in [0.717, 1.165) is 11.1 Å². The van der Waals surface area contributed by atoms with Gasteiger partial charge in [-0.1, -0.05) is 29.8 Å². The zero-order valence-corrected chi connectivity index (χ0v) is 6.93. The fourth-order valence-corrected chi connectivity index (χ4v) is 0.966. The summed E-state index contributed by atoms with van der Waals surface area (Å²) in [5.74, 6) is 0. The Morgan fingerprint density at radius 2 is 1.54 bits per heavy atom. The molecule has 5 nitrogen and oxygen atoms in total. The van der Waals surface area contributed by atoms with Crippen LogP contribution in [0.5, 0.6) is 0 Å². The lowest BCUT2D eigenvalue weighted by Crippen LogP contribution is -2.16. The molecule has 0 atom stereocenters. The molecule has 0 aliphatic carbocycles. The van der Waals surface area contributed by atoms with Gasteiger partial charge in [0.25, 0.3) is 6.29 Å². The second kappa shape index (κ2) is 3.82. The molecule has 1 saturated heterocycles. The summed E-state index contributed by atoms with van der Waals surface area (Å²) in [6.07, 6.45) is -0.714. The van der Waals surface area contributed by atoms with Crippen molar-refractivity contribution in [3.05, 3.63) is 35.4 Å². The first-order valence-corrected chi connectivity index (χ1v) is 3.75. The van der Waals surface area contributed by atoms with E-state index >= 15 is 0 Å². The first-order valence-electron chi connectivity index (χ1n) is 3.75. The molecule has 0 aromatic heterocycles. The Morgan fingerprint density at radius 3 is 2.15 bits per heavy atom. The highest BCUT2D eigenvalue weighted by atomic mass is 17.8. The van der Waals surface area contributed by atoms with Crippen molar-refractivity contribution in [2.24, 2.45) is 0 Å². The van der Waals surface area contributed by atoms with Crippen LogP contribution in [0.2, 0.25) is 0 Å². The van der Waals surface area contributed by atoms with Crippen LogP contribution in [0, 0.1) is 6.92 Å².